The van der Waals surface area contributed by atoms with Crippen LogP contribution < -0.4 is 15.8 Å². The second kappa shape index (κ2) is 9.08. The van der Waals surface area contributed by atoms with Gasteiger partial charge in [-0.3, -0.25) is 14.4 Å². The number of carbonyl (C=O) groups is 3. The van der Waals surface area contributed by atoms with E-state index in [0.717, 1.165) is 5.56 Å². The molecule has 0 unspecified atom stereocenters. The van der Waals surface area contributed by atoms with Gasteiger partial charge in [0.15, 0.2) is 6.61 Å². The Kier molecular flexibility index (Phi) is 6.31. The Morgan fingerprint density at radius 2 is 1.83 bits per heavy atom. The van der Waals surface area contributed by atoms with Gasteiger partial charge >= 0.3 is 5.97 Å². The number of para-hydroxylation sites is 1. The quantitative estimate of drug-likeness (QED) is 0.566. The van der Waals surface area contributed by atoms with Crippen molar-refractivity contribution in [1.29, 1.82) is 0 Å². The van der Waals surface area contributed by atoms with Crippen LogP contribution in [0.4, 0.5) is 0 Å². The molecule has 156 valence electrons. The number of hydrogen-bond donors (Lipinski definition) is 3. The lowest BCUT2D eigenvalue weighted by Gasteiger charge is -2.23. The molecular weight excluding hydrogens is 390 g/mol. The number of oxime groups is 1. The Morgan fingerprint density at radius 3 is 2.53 bits per heavy atom. The van der Waals surface area contributed by atoms with E-state index in [1.54, 1.807) is 24.3 Å². The summed E-state index contributed by atoms with van der Waals surface area (Å²) in [5.74, 6) is -2.09. The second-order valence-corrected chi connectivity index (χ2v) is 6.79. The van der Waals surface area contributed by atoms with Crippen LogP contribution in [0.1, 0.15) is 24.0 Å². The Hall–Kier alpha value is -3.88. The van der Waals surface area contributed by atoms with Gasteiger partial charge < -0.3 is 25.7 Å². The van der Waals surface area contributed by atoms with Crippen LogP contribution in [0.25, 0.3) is 0 Å². The molecule has 0 bridgehead atoms. The molecule has 1 aliphatic heterocycles. The largest absolute Gasteiger partial charge is 0.483 e. The summed E-state index contributed by atoms with van der Waals surface area (Å²) in [5.41, 5.74) is 5.13. The van der Waals surface area contributed by atoms with Crippen molar-refractivity contribution < 1.29 is 29.1 Å². The number of rotatable bonds is 9. The summed E-state index contributed by atoms with van der Waals surface area (Å²) < 4.78 is 5.40. The van der Waals surface area contributed by atoms with E-state index in [1.165, 1.54) is 0 Å². The van der Waals surface area contributed by atoms with Crippen molar-refractivity contribution in [2.24, 2.45) is 10.9 Å². The number of carboxylic acids is 1. The summed E-state index contributed by atoms with van der Waals surface area (Å²) in [5, 5.41) is 16.0. The number of benzene rings is 2. The molecule has 2 amide bonds. The highest BCUT2D eigenvalue weighted by atomic mass is 16.7. The van der Waals surface area contributed by atoms with E-state index >= 15 is 0 Å². The van der Waals surface area contributed by atoms with Gasteiger partial charge in [0.2, 0.25) is 5.60 Å². The summed E-state index contributed by atoms with van der Waals surface area (Å²) in [6, 6.07) is 15.9. The van der Waals surface area contributed by atoms with Gasteiger partial charge in [0.05, 0.1) is 12.1 Å². The minimum atomic E-state index is -1.69. The molecule has 0 aliphatic carbocycles. The normalized spacial score (nSPS) is 17.5. The molecule has 9 heteroatoms. The summed E-state index contributed by atoms with van der Waals surface area (Å²) in [6.07, 6.45) is -0.637. The fourth-order valence-electron chi connectivity index (χ4n) is 3.08. The monoisotopic (exact) mass is 411 g/mol. The minimum absolute atomic E-state index is 0.0726. The number of carboxylic acid groups (broad SMARTS) is 1. The van der Waals surface area contributed by atoms with Gasteiger partial charge in [-0.05, 0) is 17.7 Å². The van der Waals surface area contributed by atoms with E-state index in [4.69, 9.17) is 15.3 Å². The highest BCUT2D eigenvalue weighted by molar-refractivity contribution is 6.08. The average Bonchev–Trinajstić information content (AvgIpc) is 3.16. The molecule has 4 N–H and O–H groups in total. The molecule has 1 aliphatic rings. The van der Waals surface area contributed by atoms with Crippen LogP contribution >= 0.6 is 0 Å². The van der Waals surface area contributed by atoms with E-state index < -0.39 is 29.8 Å². The van der Waals surface area contributed by atoms with Gasteiger partial charge in [0, 0.05) is 18.5 Å². The van der Waals surface area contributed by atoms with Gasteiger partial charge in [-0.25, -0.2) is 0 Å². The molecule has 1 heterocycles. The summed E-state index contributed by atoms with van der Waals surface area (Å²) in [6.45, 7) is -0.110. The molecule has 9 nitrogen and oxygen atoms in total. The first-order valence-electron chi connectivity index (χ1n) is 9.19. The van der Waals surface area contributed by atoms with E-state index in [1.807, 2.05) is 30.3 Å². The Morgan fingerprint density at radius 1 is 1.13 bits per heavy atom. The summed E-state index contributed by atoms with van der Waals surface area (Å²) in [7, 11) is 0. The number of nitrogens with one attached hydrogen (secondary N) is 1. The number of primary amides is 1. The fraction of sp³-hybridized carbons (Fsp3) is 0.238. The SMILES string of the molecule is NC(=O)COc1ccccc1C1=NO[C@@](CC(=O)O)(C(=O)NCc2ccccc2)C1. The zero-order chi connectivity index (χ0) is 21.6. The average molecular weight is 411 g/mol. The van der Waals surface area contributed by atoms with Crippen LogP contribution in [-0.2, 0) is 25.8 Å². The summed E-state index contributed by atoms with van der Waals surface area (Å²) >= 11 is 0. The van der Waals surface area contributed by atoms with Crippen molar-refractivity contribution in [2.75, 3.05) is 6.61 Å². The maximum Gasteiger partial charge on any atom is 0.308 e. The third kappa shape index (κ3) is 4.93. The van der Waals surface area contributed by atoms with Crippen LogP contribution in [0.2, 0.25) is 0 Å². The topological polar surface area (TPSA) is 140 Å². The smallest absolute Gasteiger partial charge is 0.308 e. The number of ether oxygens (including phenoxy) is 1. The lowest BCUT2D eigenvalue weighted by molar-refractivity contribution is -0.156. The van der Waals surface area contributed by atoms with E-state index in [-0.39, 0.29) is 19.6 Å². The van der Waals surface area contributed by atoms with Crippen molar-refractivity contribution in [1.82, 2.24) is 5.32 Å². The van der Waals surface area contributed by atoms with Gasteiger partial charge in [-0.1, -0.05) is 47.6 Å². The molecule has 2 aromatic rings. The number of aliphatic carboxylic acids is 1. The molecule has 3 rings (SSSR count). The van der Waals surface area contributed by atoms with Crippen molar-refractivity contribution in [3.05, 3.63) is 65.7 Å². The van der Waals surface area contributed by atoms with Crippen LogP contribution in [0.5, 0.6) is 5.75 Å². The number of carbonyl (C=O) groups excluding carboxylic acids is 2. The Labute approximate surface area is 172 Å². The maximum atomic E-state index is 12.9. The Bertz CT molecular complexity index is 976. The predicted molar refractivity (Wildman–Crippen MR) is 107 cm³/mol. The highest BCUT2D eigenvalue weighted by Crippen LogP contribution is 2.33. The van der Waals surface area contributed by atoms with Gasteiger partial charge in [-0.2, -0.15) is 0 Å². The third-order valence-electron chi connectivity index (χ3n) is 4.50. The molecule has 0 saturated heterocycles. The van der Waals surface area contributed by atoms with Crippen molar-refractivity contribution in [3.8, 4) is 5.75 Å². The van der Waals surface area contributed by atoms with Gasteiger partial charge in [0.25, 0.3) is 11.8 Å². The molecule has 0 saturated carbocycles. The van der Waals surface area contributed by atoms with Gasteiger partial charge in [0.1, 0.15) is 5.75 Å². The lowest BCUT2D eigenvalue weighted by Crippen LogP contribution is -2.48. The van der Waals surface area contributed by atoms with E-state index in [2.05, 4.69) is 10.5 Å². The van der Waals surface area contributed by atoms with E-state index in [9.17, 15) is 19.5 Å². The third-order valence-corrected chi connectivity index (χ3v) is 4.50. The zero-order valence-corrected chi connectivity index (χ0v) is 16.0. The maximum absolute atomic E-state index is 12.9. The molecular formula is C21H21N3O6. The lowest BCUT2D eigenvalue weighted by atomic mass is 9.89. The molecule has 0 radical (unpaired) electrons. The highest BCUT2D eigenvalue weighted by Gasteiger charge is 2.49. The zero-order valence-electron chi connectivity index (χ0n) is 16.0. The number of hydrogen-bond acceptors (Lipinski definition) is 6. The van der Waals surface area contributed by atoms with E-state index in [0.29, 0.717) is 17.0 Å². The first kappa shape index (κ1) is 20.8. The summed E-state index contributed by atoms with van der Waals surface area (Å²) in [4.78, 5) is 40.8. The molecule has 0 fully saturated rings. The van der Waals surface area contributed by atoms with Crippen molar-refractivity contribution in [3.63, 3.8) is 0 Å². The Balaban J connectivity index is 1.78. The van der Waals surface area contributed by atoms with Crippen LogP contribution in [-0.4, -0.2) is 40.8 Å². The number of nitrogens with two attached hydrogens (primary N) is 1. The first-order chi connectivity index (χ1) is 14.4. The van der Waals surface area contributed by atoms with Crippen LogP contribution in [0.3, 0.4) is 0 Å². The molecule has 1 atom stereocenters. The molecule has 0 spiro atoms. The standard InChI is InChI=1S/C21H21N3O6/c22-18(25)13-29-17-9-5-4-8-15(17)16-10-21(30-24-16,11-19(26)27)20(28)23-12-14-6-2-1-3-7-14/h1-9H,10-13H2,(H2,22,25)(H,23,28)(H,26,27)/t21-/m0/s1. The fourth-order valence-corrected chi connectivity index (χ4v) is 3.08. The minimum Gasteiger partial charge on any atom is -0.483 e. The van der Waals surface area contributed by atoms with Crippen LogP contribution in [0, 0.1) is 0 Å². The number of amides is 2. The molecule has 30 heavy (non-hydrogen) atoms. The van der Waals surface area contributed by atoms with Crippen molar-refractivity contribution in [2.45, 2.75) is 25.0 Å². The van der Waals surface area contributed by atoms with Crippen molar-refractivity contribution >= 4 is 23.5 Å². The first-order valence-corrected chi connectivity index (χ1v) is 9.19. The van der Waals surface area contributed by atoms with Crippen LogP contribution in [0.15, 0.2) is 59.8 Å². The van der Waals surface area contributed by atoms with Gasteiger partial charge in [-0.15, -0.1) is 0 Å². The molecule has 0 aromatic heterocycles. The second-order valence-electron chi connectivity index (χ2n) is 6.79. The number of nitrogens with zero attached hydrogens (tertiary/aromatic N) is 1. The molecule has 2 aromatic carbocycles. The predicted octanol–water partition coefficient (Wildman–Crippen LogP) is 1.21.